The number of nitrogens with one attached hydrogen (secondary N) is 2. The average Bonchev–Trinajstić information content (AvgIpc) is 3.52. The van der Waals surface area contributed by atoms with Gasteiger partial charge in [0.25, 0.3) is 0 Å². The van der Waals surface area contributed by atoms with Crippen molar-refractivity contribution in [2.24, 2.45) is 0 Å². The quantitative estimate of drug-likeness (QED) is 0.313. The van der Waals surface area contributed by atoms with E-state index in [2.05, 4.69) is 35.0 Å². The van der Waals surface area contributed by atoms with Crippen molar-refractivity contribution in [1.82, 2.24) is 35.0 Å². The minimum Gasteiger partial charge on any atom is -0.491 e. The Balaban J connectivity index is 1.39. The molecular formula is C28H24FN7O. The SMILES string of the molecule is CN(C)CCOc1cncc(-c2cnc3[nH]nc(-c4cc5c(-c6ccccc6F)ccnc5[nH]4)c3c2)c1. The fourth-order valence-corrected chi connectivity index (χ4v) is 4.34. The van der Waals surface area contributed by atoms with E-state index in [4.69, 9.17) is 4.74 Å². The van der Waals surface area contributed by atoms with E-state index in [9.17, 15) is 4.39 Å². The fourth-order valence-electron chi connectivity index (χ4n) is 4.34. The molecule has 8 nitrogen and oxygen atoms in total. The molecule has 6 aromatic rings. The summed E-state index contributed by atoms with van der Waals surface area (Å²) < 4.78 is 20.4. The summed E-state index contributed by atoms with van der Waals surface area (Å²) in [5.41, 5.74) is 5.85. The number of pyridine rings is 3. The van der Waals surface area contributed by atoms with Gasteiger partial charge in [-0.05, 0) is 50.0 Å². The molecule has 0 aliphatic heterocycles. The number of aromatic nitrogens is 6. The van der Waals surface area contributed by atoms with Gasteiger partial charge in [-0.25, -0.2) is 14.4 Å². The van der Waals surface area contributed by atoms with Gasteiger partial charge in [-0.3, -0.25) is 10.1 Å². The number of hydrogen-bond acceptors (Lipinski definition) is 6. The number of halogens is 1. The molecular weight excluding hydrogens is 469 g/mol. The average molecular weight is 494 g/mol. The predicted octanol–water partition coefficient (Wildman–Crippen LogP) is 5.31. The van der Waals surface area contributed by atoms with Gasteiger partial charge >= 0.3 is 0 Å². The van der Waals surface area contributed by atoms with Crippen LogP contribution in [0, 0.1) is 5.82 Å². The molecule has 0 radical (unpaired) electrons. The van der Waals surface area contributed by atoms with Crippen LogP contribution in [0.4, 0.5) is 4.39 Å². The molecule has 0 aliphatic carbocycles. The first-order chi connectivity index (χ1) is 18.1. The van der Waals surface area contributed by atoms with Gasteiger partial charge in [-0.1, -0.05) is 18.2 Å². The van der Waals surface area contributed by atoms with Crippen LogP contribution >= 0.6 is 0 Å². The van der Waals surface area contributed by atoms with Crippen LogP contribution in [-0.4, -0.2) is 62.3 Å². The van der Waals surface area contributed by atoms with Crippen molar-refractivity contribution in [3.63, 3.8) is 0 Å². The third kappa shape index (κ3) is 4.41. The molecule has 0 saturated heterocycles. The molecule has 9 heteroatoms. The molecule has 0 spiro atoms. The number of rotatable bonds is 7. The van der Waals surface area contributed by atoms with Gasteiger partial charge in [-0.2, -0.15) is 5.10 Å². The maximum Gasteiger partial charge on any atom is 0.155 e. The second-order valence-electron chi connectivity index (χ2n) is 9.04. The number of fused-ring (bicyclic) bond motifs is 2. The molecule has 0 saturated carbocycles. The van der Waals surface area contributed by atoms with Crippen LogP contribution in [0.15, 0.2) is 73.3 Å². The van der Waals surface area contributed by atoms with Crippen LogP contribution in [0.2, 0.25) is 0 Å². The lowest BCUT2D eigenvalue weighted by Crippen LogP contribution is -2.19. The van der Waals surface area contributed by atoms with E-state index in [1.165, 1.54) is 6.07 Å². The van der Waals surface area contributed by atoms with Gasteiger partial charge in [0, 0.05) is 52.6 Å². The molecule has 0 fully saturated rings. The van der Waals surface area contributed by atoms with Crippen molar-refractivity contribution in [1.29, 1.82) is 0 Å². The fraction of sp³-hybridized carbons (Fsp3) is 0.143. The minimum absolute atomic E-state index is 0.279. The van der Waals surface area contributed by atoms with E-state index in [-0.39, 0.29) is 5.82 Å². The second-order valence-corrected chi connectivity index (χ2v) is 9.04. The number of likely N-dealkylation sites (N-methyl/N-ethyl adjacent to an activating group) is 1. The van der Waals surface area contributed by atoms with Gasteiger partial charge < -0.3 is 14.6 Å². The van der Waals surface area contributed by atoms with E-state index in [1.54, 1.807) is 36.9 Å². The van der Waals surface area contributed by atoms with E-state index in [0.29, 0.717) is 34.9 Å². The molecule has 0 bridgehead atoms. The number of H-pyrrole nitrogens is 2. The highest BCUT2D eigenvalue weighted by atomic mass is 19.1. The van der Waals surface area contributed by atoms with Crippen LogP contribution < -0.4 is 4.74 Å². The summed E-state index contributed by atoms with van der Waals surface area (Å²) in [6.45, 7) is 1.39. The first kappa shape index (κ1) is 22.8. The highest BCUT2D eigenvalue weighted by Gasteiger charge is 2.16. The number of aromatic amines is 2. The molecule has 5 aromatic heterocycles. The summed E-state index contributed by atoms with van der Waals surface area (Å²) in [5.74, 6) is 0.424. The van der Waals surface area contributed by atoms with Crippen LogP contribution in [0.5, 0.6) is 5.75 Å². The van der Waals surface area contributed by atoms with Crippen molar-refractivity contribution in [3.05, 3.63) is 79.1 Å². The Kier molecular flexibility index (Phi) is 5.82. The van der Waals surface area contributed by atoms with Crippen molar-refractivity contribution in [2.45, 2.75) is 0 Å². The summed E-state index contributed by atoms with van der Waals surface area (Å²) in [6, 6.07) is 14.5. The number of benzene rings is 1. The van der Waals surface area contributed by atoms with Crippen LogP contribution in [0.1, 0.15) is 0 Å². The van der Waals surface area contributed by atoms with Crippen molar-refractivity contribution < 1.29 is 9.13 Å². The highest BCUT2D eigenvalue weighted by molar-refractivity contribution is 5.99. The maximum atomic E-state index is 14.6. The Morgan fingerprint density at radius 1 is 0.892 bits per heavy atom. The topological polar surface area (TPSA) is 95.6 Å². The highest BCUT2D eigenvalue weighted by Crippen LogP contribution is 2.35. The number of nitrogens with zero attached hydrogens (tertiary/aromatic N) is 5. The summed E-state index contributed by atoms with van der Waals surface area (Å²) in [6.07, 6.45) is 6.95. The lowest BCUT2D eigenvalue weighted by Gasteiger charge is -2.11. The molecule has 1 aromatic carbocycles. The van der Waals surface area contributed by atoms with E-state index in [1.807, 2.05) is 44.4 Å². The van der Waals surface area contributed by atoms with Crippen molar-refractivity contribution in [2.75, 3.05) is 27.2 Å². The van der Waals surface area contributed by atoms with Gasteiger partial charge in [0.2, 0.25) is 0 Å². The van der Waals surface area contributed by atoms with Gasteiger partial charge in [-0.15, -0.1) is 0 Å². The standard InChI is InChI=1S/C28H24FN7O/c1-36(2)9-10-37-19-11-17(14-30-16-19)18-12-23-26(34-35-28(23)32-15-18)25-13-22-20(7-8-31-27(22)33-25)21-5-3-4-6-24(21)29/h3-8,11-16H,9-10H2,1-2H3,(H,31,33)(H,32,34,35). The Morgan fingerprint density at radius 3 is 2.62 bits per heavy atom. The summed E-state index contributed by atoms with van der Waals surface area (Å²) >= 11 is 0. The summed E-state index contributed by atoms with van der Waals surface area (Å²) in [4.78, 5) is 18.8. The van der Waals surface area contributed by atoms with E-state index >= 15 is 0 Å². The Bertz CT molecular complexity index is 1720. The normalized spacial score (nSPS) is 11.6. The summed E-state index contributed by atoms with van der Waals surface area (Å²) in [5, 5.41) is 9.19. The lowest BCUT2D eigenvalue weighted by atomic mass is 10.0. The Labute approximate surface area is 212 Å². The predicted molar refractivity (Wildman–Crippen MR) is 142 cm³/mol. The first-order valence-electron chi connectivity index (χ1n) is 11.9. The number of hydrogen-bond donors (Lipinski definition) is 2. The van der Waals surface area contributed by atoms with Gasteiger partial charge in [0.1, 0.15) is 29.5 Å². The molecule has 0 unspecified atom stereocenters. The molecule has 37 heavy (non-hydrogen) atoms. The third-order valence-corrected chi connectivity index (χ3v) is 6.22. The molecule has 0 aliphatic rings. The Hall–Kier alpha value is -4.63. The van der Waals surface area contributed by atoms with Crippen LogP contribution in [-0.2, 0) is 0 Å². The molecule has 0 amide bonds. The first-order valence-corrected chi connectivity index (χ1v) is 11.9. The van der Waals surface area contributed by atoms with Crippen LogP contribution in [0.25, 0.3) is 55.7 Å². The zero-order valence-electron chi connectivity index (χ0n) is 20.4. The third-order valence-electron chi connectivity index (χ3n) is 6.22. The van der Waals surface area contributed by atoms with E-state index in [0.717, 1.165) is 39.7 Å². The summed E-state index contributed by atoms with van der Waals surface area (Å²) in [7, 11) is 4.01. The van der Waals surface area contributed by atoms with Crippen LogP contribution in [0.3, 0.4) is 0 Å². The number of ether oxygens (including phenoxy) is 1. The van der Waals surface area contributed by atoms with Crippen molar-refractivity contribution in [3.8, 4) is 39.4 Å². The molecule has 5 heterocycles. The molecule has 6 rings (SSSR count). The monoisotopic (exact) mass is 493 g/mol. The zero-order chi connectivity index (χ0) is 25.4. The van der Waals surface area contributed by atoms with Crippen molar-refractivity contribution >= 4 is 22.1 Å². The Morgan fingerprint density at radius 2 is 1.76 bits per heavy atom. The van der Waals surface area contributed by atoms with Gasteiger partial charge in [0.15, 0.2) is 5.65 Å². The minimum atomic E-state index is -0.279. The lowest BCUT2D eigenvalue weighted by molar-refractivity contribution is 0.261. The largest absolute Gasteiger partial charge is 0.491 e. The van der Waals surface area contributed by atoms with E-state index < -0.39 is 0 Å². The molecule has 2 N–H and O–H groups in total. The second kappa shape index (κ2) is 9.44. The maximum absolute atomic E-state index is 14.6. The smallest absolute Gasteiger partial charge is 0.155 e. The zero-order valence-corrected chi connectivity index (χ0v) is 20.4. The molecule has 184 valence electrons. The molecule has 0 atom stereocenters. The van der Waals surface area contributed by atoms with Gasteiger partial charge in [0.05, 0.1) is 11.9 Å².